The van der Waals surface area contributed by atoms with Crippen LogP contribution in [0.3, 0.4) is 0 Å². The summed E-state index contributed by atoms with van der Waals surface area (Å²) in [5, 5.41) is 9.12. The quantitative estimate of drug-likeness (QED) is 0.834. The molecule has 0 spiro atoms. The van der Waals surface area contributed by atoms with Crippen molar-refractivity contribution in [3.63, 3.8) is 0 Å². The zero-order valence-corrected chi connectivity index (χ0v) is 12.0. The summed E-state index contributed by atoms with van der Waals surface area (Å²) in [5.74, 6) is 0.356. The fourth-order valence-electron chi connectivity index (χ4n) is 2.37. The van der Waals surface area contributed by atoms with E-state index in [1.54, 1.807) is 4.90 Å². The Kier molecular flexibility index (Phi) is 4.67. The summed E-state index contributed by atoms with van der Waals surface area (Å²) in [6, 6.07) is 2.16. The Morgan fingerprint density at radius 1 is 1.38 bits per heavy atom. The molecule has 0 amide bonds. The molecule has 0 bridgehead atoms. The second-order valence-corrected chi connectivity index (χ2v) is 5.48. The van der Waals surface area contributed by atoms with Gasteiger partial charge in [-0.05, 0) is 30.9 Å². The van der Waals surface area contributed by atoms with Crippen molar-refractivity contribution in [1.29, 1.82) is 0 Å². The number of aliphatic hydroxyl groups excluding tert-OH is 1. The average molecular weight is 319 g/mol. The van der Waals surface area contributed by atoms with Crippen LogP contribution in [0.4, 0.5) is 19.0 Å². The number of aliphatic hydroxyl groups is 1. The van der Waals surface area contributed by atoms with Gasteiger partial charge in [0.15, 0.2) is 0 Å². The molecule has 1 aromatic rings. The number of alkyl halides is 3. The van der Waals surface area contributed by atoms with Gasteiger partial charge in [0.2, 0.25) is 0 Å². The van der Waals surface area contributed by atoms with Gasteiger partial charge in [0.1, 0.15) is 16.5 Å². The molecule has 0 saturated carbocycles. The van der Waals surface area contributed by atoms with Gasteiger partial charge in [0.25, 0.3) is 0 Å². The molecule has 0 unspecified atom stereocenters. The van der Waals surface area contributed by atoms with E-state index in [4.69, 9.17) is 23.1 Å². The van der Waals surface area contributed by atoms with Crippen LogP contribution in [0.2, 0.25) is 0 Å². The van der Waals surface area contributed by atoms with Crippen molar-refractivity contribution in [2.24, 2.45) is 11.7 Å². The van der Waals surface area contributed by atoms with Gasteiger partial charge in [-0.2, -0.15) is 13.2 Å². The Labute approximate surface area is 125 Å². The molecular weight excluding hydrogens is 303 g/mol. The minimum absolute atomic E-state index is 0.0236. The zero-order chi connectivity index (χ0) is 15.6. The lowest BCUT2D eigenvalue weighted by Gasteiger charge is -2.33. The predicted octanol–water partition coefficient (Wildman–Crippen LogP) is 1.94. The molecule has 1 saturated heterocycles. The predicted molar refractivity (Wildman–Crippen MR) is 77.1 cm³/mol. The van der Waals surface area contributed by atoms with Crippen molar-refractivity contribution >= 4 is 23.0 Å². The Hall–Kier alpha value is -1.41. The molecule has 0 atom stereocenters. The number of nitrogens with zero attached hydrogens (tertiary/aromatic N) is 2. The molecule has 1 fully saturated rings. The molecule has 8 heteroatoms. The lowest BCUT2D eigenvalue weighted by atomic mass is 9.97. The molecule has 1 aliphatic heterocycles. The maximum Gasteiger partial charge on any atom is 0.433 e. The number of hydrogen-bond acceptors (Lipinski definition) is 4. The molecule has 0 aromatic carbocycles. The van der Waals surface area contributed by atoms with Crippen LogP contribution in [-0.4, -0.2) is 34.8 Å². The number of anilines is 1. The maximum atomic E-state index is 12.8. The van der Waals surface area contributed by atoms with Gasteiger partial charge < -0.3 is 15.7 Å². The van der Waals surface area contributed by atoms with E-state index < -0.39 is 11.9 Å². The van der Waals surface area contributed by atoms with E-state index in [2.05, 4.69) is 4.98 Å². The highest BCUT2D eigenvalue weighted by molar-refractivity contribution is 7.80. The first-order chi connectivity index (χ1) is 9.82. The second kappa shape index (κ2) is 6.15. The summed E-state index contributed by atoms with van der Waals surface area (Å²) in [6.07, 6.45) is -3.11. The van der Waals surface area contributed by atoms with Crippen LogP contribution in [0.15, 0.2) is 12.1 Å². The first kappa shape index (κ1) is 16.0. The Morgan fingerprint density at radius 3 is 2.48 bits per heavy atom. The number of aromatic nitrogens is 1. The van der Waals surface area contributed by atoms with Crippen molar-refractivity contribution in [3.8, 4) is 0 Å². The first-order valence-electron chi connectivity index (χ1n) is 6.56. The van der Waals surface area contributed by atoms with Crippen molar-refractivity contribution in [2.75, 3.05) is 24.6 Å². The minimum atomic E-state index is -4.51. The van der Waals surface area contributed by atoms with Gasteiger partial charge in [-0.15, -0.1) is 0 Å². The third-order valence-corrected chi connectivity index (χ3v) is 3.82. The Bertz CT molecular complexity index is 528. The van der Waals surface area contributed by atoms with Crippen LogP contribution in [0.25, 0.3) is 0 Å². The van der Waals surface area contributed by atoms with Crippen LogP contribution in [0.1, 0.15) is 24.1 Å². The van der Waals surface area contributed by atoms with Gasteiger partial charge in [-0.25, -0.2) is 4.98 Å². The zero-order valence-electron chi connectivity index (χ0n) is 11.2. The highest BCUT2D eigenvalue weighted by Crippen LogP contribution is 2.32. The topological polar surface area (TPSA) is 62.4 Å². The fraction of sp³-hybridized carbons (Fsp3) is 0.538. The van der Waals surface area contributed by atoms with E-state index >= 15 is 0 Å². The van der Waals surface area contributed by atoms with E-state index in [9.17, 15) is 13.2 Å². The average Bonchev–Trinajstić information content (AvgIpc) is 2.45. The van der Waals surface area contributed by atoms with Crippen molar-refractivity contribution in [2.45, 2.75) is 19.0 Å². The monoisotopic (exact) mass is 319 g/mol. The molecular formula is C13H16F3N3OS. The summed E-state index contributed by atoms with van der Waals surface area (Å²) < 4.78 is 38.4. The molecule has 0 aliphatic carbocycles. The van der Waals surface area contributed by atoms with Gasteiger partial charge in [0.05, 0.1) is 5.56 Å². The van der Waals surface area contributed by atoms with E-state index in [1.165, 1.54) is 6.07 Å². The molecule has 21 heavy (non-hydrogen) atoms. The molecule has 0 radical (unpaired) electrons. The highest BCUT2D eigenvalue weighted by Gasteiger charge is 2.34. The van der Waals surface area contributed by atoms with E-state index in [0.29, 0.717) is 31.5 Å². The lowest BCUT2D eigenvalue weighted by Crippen LogP contribution is -2.37. The normalized spacial score (nSPS) is 17.0. The molecule has 116 valence electrons. The summed E-state index contributed by atoms with van der Waals surface area (Å²) in [4.78, 5) is 5.48. The number of hydrogen-bond donors (Lipinski definition) is 2. The number of nitrogens with two attached hydrogens (primary N) is 1. The van der Waals surface area contributed by atoms with E-state index in [-0.39, 0.29) is 23.3 Å². The summed E-state index contributed by atoms with van der Waals surface area (Å²) in [7, 11) is 0. The summed E-state index contributed by atoms with van der Waals surface area (Å²) in [6.45, 7) is 1.14. The van der Waals surface area contributed by atoms with Crippen molar-refractivity contribution < 1.29 is 18.3 Å². The van der Waals surface area contributed by atoms with Gasteiger partial charge in [0, 0.05) is 19.7 Å². The third-order valence-electron chi connectivity index (χ3n) is 3.60. The van der Waals surface area contributed by atoms with Gasteiger partial charge >= 0.3 is 6.18 Å². The third kappa shape index (κ3) is 3.62. The Morgan fingerprint density at radius 2 is 2.00 bits per heavy atom. The van der Waals surface area contributed by atoms with Crippen LogP contribution in [-0.2, 0) is 6.18 Å². The van der Waals surface area contributed by atoms with Crippen LogP contribution < -0.4 is 10.6 Å². The molecule has 1 aromatic heterocycles. The maximum absolute atomic E-state index is 12.8. The van der Waals surface area contributed by atoms with Crippen molar-refractivity contribution in [3.05, 3.63) is 23.4 Å². The van der Waals surface area contributed by atoms with Crippen LogP contribution >= 0.6 is 12.2 Å². The smallest absolute Gasteiger partial charge is 0.396 e. The van der Waals surface area contributed by atoms with Crippen molar-refractivity contribution in [1.82, 2.24) is 4.98 Å². The Balaban J connectivity index is 2.33. The molecule has 3 N–H and O–H groups in total. The standard InChI is InChI=1S/C13H16F3N3OS/c14-13(15,16)10-2-1-9(11(17)21)12(18-10)19-5-3-8(7-20)4-6-19/h1-2,8,20H,3-7H2,(H2,17,21). The number of thiocarbonyl (C=S) groups is 1. The SMILES string of the molecule is NC(=S)c1ccc(C(F)(F)F)nc1N1CCC(CO)CC1. The van der Waals surface area contributed by atoms with E-state index in [1.807, 2.05) is 0 Å². The first-order valence-corrected chi connectivity index (χ1v) is 6.97. The molecule has 2 rings (SSSR count). The second-order valence-electron chi connectivity index (χ2n) is 5.04. The molecule has 2 heterocycles. The van der Waals surface area contributed by atoms with Gasteiger partial charge in [-0.3, -0.25) is 0 Å². The molecule has 4 nitrogen and oxygen atoms in total. The largest absolute Gasteiger partial charge is 0.433 e. The minimum Gasteiger partial charge on any atom is -0.396 e. The number of pyridine rings is 1. The summed E-state index contributed by atoms with van der Waals surface area (Å²) in [5.41, 5.74) is 4.97. The highest BCUT2D eigenvalue weighted by atomic mass is 32.1. The van der Waals surface area contributed by atoms with E-state index in [0.717, 1.165) is 6.07 Å². The number of halogens is 3. The number of piperidine rings is 1. The molecule has 1 aliphatic rings. The van der Waals surface area contributed by atoms with Crippen LogP contribution in [0.5, 0.6) is 0 Å². The summed E-state index contributed by atoms with van der Waals surface area (Å²) >= 11 is 4.89. The fourth-order valence-corrected chi connectivity index (χ4v) is 2.53. The number of rotatable bonds is 3. The van der Waals surface area contributed by atoms with Gasteiger partial charge in [-0.1, -0.05) is 12.2 Å². The lowest BCUT2D eigenvalue weighted by molar-refractivity contribution is -0.141. The van der Waals surface area contributed by atoms with Crippen LogP contribution in [0, 0.1) is 5.92 Å².